The molecule has 5 heteroatoms. The average Bonchev–Trinajstić information content (AvgIpc) is 3.28. The zero-order valence-corrected chi connectivity index (χ0v) is 14.6. The van der Waals surface area contributed by atoms with Crippen molar-refractivity contribution >= 4 is 11.4 Å². The van der Waals surface area contributed by atoms with Gasteiger partial charge in [0, 0.05) is 12.6 Å². The molecule has 0 aromatic heterocycles. The summed E-state index contributed by atoms with van der Waals surface area (Å²) in [5, 5.41) is 4.18. The molecule has 3 fully saturated rings. The van der Waals surface area contributed by atoms with Gasteiger partial charge in [0.2, 0.25) is 0 Å². The molecule has 3 aliphatic rings. The molecule has 1 saturated carbocycles. The van der Waals surface area contributed by atoms with Gasteiger partial charge in [0.05, 0.1) is 30.2 Å². The molecule has 0 radical (unpaired) electrons. The number of rotatable bonds is 6. The van der Waals surface area contributed by atoms with Crippen molar-refractivity contribution in [3.05, 3.63) is 54.1 Å². The van der Waals surface area contributed by atoms with Crippen LogP contribution in [0.2, 0.25) is 0 Å². The molecule has 26 heavy (non-hydrogen) atoms. The van der Waals surface area contributed by atoms with Crippen LogP contribution in [0.5, 0.6) is 5.75 Å². The van der Waals surface area contributed by atoms with E-state index < -0.39 is 0 Å². The molecule has 5 rings (SSSR count). The number of halogens is 1. The summed E-state index contributed by atoms with van der Waals surface area (Å²) in [6, 6.07) is 15.1. The van der Waals surface area contributed by atoms with Gasteiger partial charge in [-0.2, -0.15) is 5.12 Å². The van der Waals surface area contributed by atoms with Crippen molar-refractivity contribution in [2.24, 2.45) is 5.92 Å². The number of hydrogen-bond acceptors (Lipinski definition) is 4. The summed E-state index contributed by atoms with van der Waals surface area (Å²) in [6.45, 7) is 1.71. The monoisotopic (exact) mass is 354 g/mol. The minimum atomic E-state index is 0.0822. The quantitative estimate of drug-likeness (QED) is 0.784. The van der Waals surface area contributed by atoms with Gasteiger partial charge in [0.1, 0.15) is 5.75 Å². The topological polar surface area (TPSA) is 33.7 Å². The van der Waals surface area contributed by atoms with Crippen LogP contribution in [0.4, 0.5) is 15.9 Å². The number of morpholine rings is 1. The number of nitrogens with one attached hydrogen (secondary N) is 1. The lowest BCUT2D eigenvalue weighted by atomic mass is 10.0. The molecule has 3 unspecified atom stereocenters. The van der Waals surface area contributed by atoms with Gasteiger partial charge in [-0.3, -0.25) is 0 Å². The van der Waals surface area contributed by atoms with E-state index in [1.807, 2.05) is 36.4 Å². The fourth-order valence-corrected chi connectivity index (χ4v) is 3.80. The smallest absolute Gasteiger partial charge is 0.119 e. The second-order valence-corrected chi connectivity index (χ2v) is 7.55. The molecule has 2 heterocycles. The van der Waals surface area contributed by atoms with E-state index in [4.69, 9.17) is 9.47 Å². The predicted molar refractivity (Wildman–Crippen MR) is 98.4 cm³/mol. The average molecular weight is 354 g/mol. The summed E-state index contributed by atoms with van der Waals surface area (Å²) >= 11 is 0. The number of hydrogen-bond donors (Lipinski definition) is 1. The van der Waals surface area contributed by atoms with Crippen molar-refractivity contribution in [2.45, 2.75) is 37.5 Å². The zero-order valence-electron chi connectivity index (χ0n) is 14.6. The number of benzene rings is 2. The van der Waals surface area contributed by atoms with Crippen LogP contribution in [0.15, 0.2) is 48.5 Å². The highest BCUT2D eigenvalue weighted by Crippen LogP contribution is 2.38. The largest absolute Gasteiger partial charge is 0.493 e. The second kappa shape index (κ2) is 6.56. The van der Waals surface area contributed by atoms with Gasteiger partial charge in [-0.05, 0) is 67.1 Å². The molecular weight excluding hydrogens is 331 g/mol. The lowest BCUT2D eigenvalue weighted by Gasteiger charge is -2.24. The third kappa shape index (κ3) is 3.17. The van der Waals surface area contributed by atoms with Crippen LogP contribution in [-0.4, -0.2) is 25.3 Å². The maximum atomic E-state index is 14.7. The van der Waals surface area contributed by atoms with E-state index in [2.05, 4.69) is 5.32 Å². The highest BCUT2D eigenvalue weighted by molar-refractivity contribution is 5.61. The Bertz CT molecular complexity index is 761. The first kappa shape index (κ1) is 16.1. The Morgan fingerprint density at radius 3 is 2.31 bits per heavy atom. The van der Waals surface area contributed by atoms with Crippen molar-refractivity contribution in [3.8, 4) is 5.75 Å². The molecular formula is C21H23FN2O2. The predicted octanol–water partition coefficient (Wildman–Crippen LogP) is 4.30. The Morgan fingerprint density at radius 1 is 1.04 bits per heavy atom. The summed E-state index contributed by atoms with van der Waals surface area (Å²) in [4.78, 5) is 0. The summed E-state index contributed by atoms with van der Waals surface area (Å²) in [7, 11) is 0. The van der Waals surface area contributed by atoms with E-state index in [1.165, 1.54) is 12.8 Å². The van der Waals surface area contributed by atoms with Gasteiger partial charge >= 0.3 is 0 Å². The molecule has 3 atom stereocenters. The van der Waals surface area contributed by atoms with Crippen LogP contribution >= 0.6 is 0 Å². The molecule has 2 aromatic rings. The summed E-state index contributed by atoms with van der Waals surface area (Å²) in [6.07, 6.45) is 3.99. The maximum absolute atomic E-state index is 14.7. The lowest BCUT2D eigenvalue weighted by molar-refractivity contribution is 0.0160. The Labute approximate surface area is 152 Å². The Kier molecular flexibility index (Phi) is 4.06. The van der Waals surface area contributed by atoms with Gasteiger partial charge < -0.3 is 14.8 Å². The summed E-state index contributed by atoms with van der Waals surface area (Å²) in [5.74, 6) is 1.51. The maximum Gasteiger partial charge on any atom is 0.119 e. The van der Waals surface area contributed by atoms with Crippen LogP contribution in [0.1, 0.15) is 30.9 Å². The lowest BCUT2D eigenvalue weighted by Crippen LogP contribution is -2.33. The van der Waals surface area contributed by atoms with Crippen molar-refractivity contribution in [2.75, 3.05) is 18.3 Å². The van der Waals surface area contributed by atoms with Crippen molar-refractivity contribution in [1.29, 1.82) is 0 Å². The first-order valence-electron chi connectivity index (χ1n) is 9.44. The van der Waals surface area contributed by atoms with Crippen LogP contribution < -0.4 is 15.2 Å². The Hall–Kier alpha value is -2.11. The van der Waals surface area contributed by atoms with Crippen LogP contribution in [0.25, 0.3) is 0 Å². The summed E-state index contributed by atoms with van der Waals surface area (Å²) in [5.41, 5.74) is 2.11. The van der Waals surface area contributed by atoms with Crippen molar-refractivity contribution in [3.63, 3.8) is 0 Å². The zero-order chi connectivity index (χ0) is 17.5. The number of anilines is 2. The Balaban J connectivity index is 1.25. The third-order valence-electron chi connectivity index (χ3n) is 5.52. The molecule has 2 aliphatic heterocycles. The Morgan fingerprint density at radius 2 is 1.73 bits per heavy atom. The van der Waals surface area contributed by atoms with E-state index in [1.54, 1.807) is 12.1 Å². The summed E-state index contributed by atoms with van der Waals surface area (Å²) < 4.78 is 26.4. The van der Waals surface area contributed by atoms with Gasteiger partial charge in [0.25, 0.3) is 0 Å². The minimum absolute atomic E-state index is 0.0822. The first-order valence-corrected chi connectivity index (χ1v) is 9.44. The minimum Gasteiger partial charge on any atom is -0.493 e. The number of fused-ring (bicyclic) bond motifs is 2. The molecule has 136 valence electrons. The fourth-order valence-electron chi connectivity index (χ4n) is 3.80. The van der Waals surface area contributed by atoms with E-state index in [0.717, 1.165) is 30.9 Å². The first-order chi connectivity index (χ1) is 12.8. The molecule has 2 saturated heterocycles. The highest BCUT2D eigenvalue weighted by Gasteiger charge is 2.41. The molecule has 0 amide bonds. The molecule has 2 bridgehead atoms. The van der Waals surface area contributed by atoms with Crippen molar-refractivity contribution in [1.82, 2.24) is 5.32 Å². The van der Waals surface area contributed by atoms with Gasteiger partial charge in [0.15, 0.2) is 0 Å². The normalized spacial score (nSPS) is 26.9. The van der Waals surface area contributed by atoms with E-state index >= 15 is 0 Å². The van der Waals surface area contributed by atoms with Gasteiger partial charge in [-0.1, -0.05) is 16.6 Å². The van der Waals surface area contributed by atoms with Crippen LogP contribution in [0.3, 0.4) is 0 Å². The number of nitrogens with zero attached hydrogens (tertiary/aromatic N) is 1. The fraction of sp³-hybridized carbons (Fsp3) is 0.429. The molecule has 1 N–H and O–H groups in total. The van der Waals surface area contributed by atoms with Crippen LogP contribution in [-0.2, 0) is 4.74 Å². The second-order valence-electron chi connectivity index (χ2n) is 7.55. The number of ether oxygens (including phenoxy) is 2. The van der Waals surface area contributed by atoms with E-state index in [0.29, 0.717) is 34.6 Å². The van der Waals surface area contributed by atoms with E-state index in [-0.39, 0.29) is 6.10 Å². The van der Waals surface area contributed by atoms with Crippen LogP contribution in [0, 0.1) is 5.92 Å². The van der Waals surface area contributed by atoms with Crippen molar-refractivity contribution < 1.29 is 14.0 Å². The third-order valence-corrected chi connectivity index (χ3v) is 5.52. The van der Waals surface area contributed by atoms with Gasteiger partial charge in [-0.15, -0.1) is 0 Å². The van der Waals surface area contributed by atoms with Gasteiger partial charge in [-0.25, -0.2) is 0 Å². The highest BCUT2D eigenvalue weighted by atomic mass is 19.2. The molecule has 2 aromatic carbocycles. The standard InChI is InChI=1S/C21H23FN2O2/c22-24(17-7-9-18(10-8-17)25-13-14-1-2-14)16-5-3-15(4-6-16)21-20-11-19(26-21)12-23-20/h3-10,14,19-21,23H,1-2,11-13H2. The SMILES string of the molecule is FN(c1ccc(OCC2CC2)cc1)c1ccc(C2OC3CNC2C3)cc1. The van der Waals surface area contributed by atoms with E-state index in [9.17, 15) is 4.48 Å². The molecule has 1 aliphatic carbocycles. The molecule has 0 spiro atoms. The molecule has 4 nitrogen and oxygen atoms in total.